The summed E-state index contributed by atoms with van der Waals surface area (Å²) in [6.45, 7) is 3.73. The predicted molar refractivity (Wildman–Crippen MR) is 89.2 cm³/mol. The second-order valence-corrected chi connectivity index (χ2v) is 6.26. The summed E-state index contributed by atoms with van der Waals surface area (Å²) in [5.41, 5.74) is 4.37. The van der Waals surface area contributed by atoms with E-state index in [0.29, 0.717) is 6.10 Å². The van der Waals surface area contributed by atoms with Crippen LogP contribution in [0, 0.1) is 0 Å². The van der Waals surface area contributed by atoms with Crippen molar-refractivity contribution in [3.63, 3.8) is 0 Å². The third kappa shape index (κ3) is 4.25. The molecule has 1 aliphatic heterocycles. The van der Waals surface area contributed by atoms with Gasteiger partial charge in [0.05, 0.1) is 23.9 Å². The molecule has 0 aromatic carbocycles. The lowest BCUT2D eigenvalue weighted by atomic mass is 10.1. The molecule has 2 aromatic rings. The number of morpholine rings is 1. The molecular formula is C16H22N4OS. The molecule has 0 saturated carbocycles. The van der Waals surface area contributed by atoms with Crippen LogP contribution >= 0.6 is 11.3 Å². The number of thiazole rings is 1. The minimum absolute atomic E-state index is 0.304. The molecular weight excluding hydrogens is 296 g/mol. The Morgan fingerprint density at radius 1 is 1.45 bits per heavy atom. The number of nitrogens with one attached hydrogen (secondary N) is 1. The highest BCUT2D eigenvalue weighted by atomic mass is 32.1. The van der Waals surface area contributed by atoms with Gasteiger partial charge in [0.1, 0.15) is 5.82 Å². The smallest absolute Gasteiger partial charge is 0.125 e. The van der Waals surface area contributed by atoms with Gasteiger partial charge in [0.2, 0.25) is 0 Å². The number of aryl methyl sites for hydroxylation is 1. The number of hydrogen-bond acceptors (Lipinski definition) is 6. The first-order valence-electron chi connectivity index (χ1n) is 7.67. The van der Waals surface area contributed by atoms with Crippen LogP contribution < -0.4 is 5.32 Å². The van der Waals surface area contributed by atoms with Gasteiger partial charge < -0.3 is 10.1 Å². The van der Waals surface area contributed by atoms with Crippen LogP contribution in [-0.2, 0) is 17.7 Å². The van der Waals surface area contributed by atoms with E-state index >= 15 is 0 Å². The van der Waals surface area contributed by atoms with Crippen molar-refractivity contribution in [1.29, 1.82) is 0 Å². The van der Waals surface area contributed by atoms with E-state index in [9.17, 15) is 0 Å². The predicted octanol–water partition coefficient (Wildman–Crippen LogP) is 2.41. The molecule has 1 unspecified atom stereocenters. The first kappa shape index (κ1) is 15.4. The Kier molecular flexibility index (Phi) is 5.37. The lowest BCUT2D eigenvalue weighted by Crippen LogP contribution is -2.42. The van der Waals surface area contributed by atoms with Gasteiger partial charge in [0.15, 0.2) is 0 Å². The molecule has 2 aromatic heterocycles. The van der Waals surface area contributed by atoms with Gasteiger partial charge in [0, 0.05) is 38.3 Å². The van der Waals surface area contributed by atoms with Crippen LogP contribution in [-0.4, -0.2) is 47.7 Å². The molecule has 1 saturated heterocycles. The van der Waals surface area contributed by atoms with Crippen LogP contribution in [0.2, 0.25) is 0 Å². The summed E-state index contributed by atoms with van der Waals surface area (Å²) in [7, 11) is 1.90. The summed E-state index contributed by atoms with van der Waals surface area (Å²) in [5, 5.41) is 5.21. The van der Waals surface area contributed by atoms with E-state index < -0.39 is 0 Å². The van der Waals surface area contributed by atoms with Crippen LogP contribution in [0.15, 0.2) is 29.2 Å². The zero-order valence-electron chi connectivity index (χ0n) is 12.9. The molecule has 6 heteroatoms. The molecule has 3 heterocycles. The average Bonchev–Trinajstić information content (AvgIpc) is 3.06. The topological polar surface area (TPSA) is 50.3 Å². The molecule has 5 nitrogen and oxygen atoms in total. The maximum atomic E-state index is 5.91. The highest BCUT2D eigenvalue weighted by Gasteiger charge is 2.20. The average molecular weight is 318 g/mol. The maximum Gasteiger partial charge on any atom is 0.125 e. The molecule has 0 amide bonds. The SMILES string of the molecule is CNc1cc(CCC2CN(Cc3cscn3)CCO2)ccn1. The Morgan fingerprint density at radius 2 is 2.41 bits per heavy atom. The fourth-order valence-electron chi connectivity index (χ4n) is 2.74. The molecule has 0 radical (unpaired) electrons. The molecule has 1 N–H and O–H groups in total. The fourth-order valence-corrected chi connectivity index (χ4v) is 3.29. The molecule has 22 heavy (non-hydrogen) atoms. The first-order chi connectivity index (χ1) is 10.8. The van der Waals surface area contributed by atoms with Gasteiger partial charge in [-0.3, -0.25) is 4.90 Å². The number of aromatic nitrogens is 2. The van der Waals surface area contributed by atoms with Crippen molar-refractivity contribution in [3.05, 3.63) is 40.5 Å². The Labute approximate surface area is 135 Å². The van der Waals surface area contributed by atoms with Gasteiger partial charge in [-0.2, -0.15) is 0 Å². The number of hydrogen-bond donors (Lipinski definition) is 1. The normalized spacial score (nSPS) is 19.2. The Morgan fingerprint density at radius 3 is 3.23 bits per heavy atom. The van der Waals surface area contributed by atoms with Crippen molar-refractivity contribution >= 4 is 17.2 Å². The number of rotatable bonds is 6. The summed E-state index contributed by atoms with van der Waals surface area (Å²) < 4.78 is 5.91. The minimum atomic E-state index is 0.304. The van der Waals surface area contributed by atoms with E-state index in [2.05, 4.69) is 37.7 Å². The van der Waals surface area contributed by atoms with Crippen LogP contribution in [0.3, 0.4) is 0 Å². The molecule has 3 rings (SSSR count). The fraction of sp³-hybridized carbons (Fsp3) is 0.500. The second-order valence-electron chi connectivity index (χ2n) is 5.55. The highest BCUT2D eigenvalue weighted by Crippen LogP contribution is 2.16. The molecule has 1 fully saturated rings. The number of nitrogens with zero attached hydrogens (tertiary/aromatic N) is 3. The second kappa shape index (κ2) is 7.67. The third-order valence-corrected chi connectivity index (χ3v) is 4.56. The highest BCUT2D eigenvalue weighted by molar-refractivity contribution is 7.07. The first-order valence-corrected chi connectivity index (χ1v) is 8.61. The molecule has 1 atom stereocenters. The third-order valence-electron chi connectivity index (χ3n) is 3.93. The molecule has 0 aliphatic carbocycles. The van der Waals surface area contributed by atoms with Gasteiger partial charge in [-0.05, 0) is 30.5 Å². The van der Waals surface area contributed by atoms with E-state index in [0.717, 1.165) is 44.9 Å². The van der Waals surface area contributed by atoms with Crippen molar-refractivity contribution in [1.82, 2.24) is 14.9 Å². The summed E-state index contributed by atoms with van der Waals surface area (Å²) in [6.07, 6.45) is 4.23. The van der Waals surface area contributed by atoms with Crippen LogP contribution in [0.25, 0.3) is 0 Å². The molecule has 1 aliphatic rings. The van der Waals surface area contributed by atoms with Crippen molar-refractivity contribution < 1.29 is 4.74 Å². The largest absolute Gasteiger partial charge is 0.376 e. The van der Waals surface area contributed by atoms with Gasteiger partial charge in [-0.15, -0.1) is 11.3 Å². The molecule has 0 spiro atoms. The van der Waals surface area contributed by atoms with Crippen LogP contribution in [0.5, 0.6) is 0 Å². The van der Waals surface area contributed by atoms with Crippen molar-refractivity contribution in [3.8, 4) is 0 Å². The maximum absolute atomic E-state index is 5.91. The van der Waals surface area contributed by atoms with E-state index in [-0.39, 0.29) is 0 Å². The van der Waals surface area contributed by atoms with Crippen LogP contribution in [0.4, 0.5) is 5.82 Å². The van der Waals surface area contributed by atoms with E-state index in [4.69, 9.17) is 4.74 Å². The molecule has 118 valence electrons. The quantitative estimate of drug-likeness (QED) is 0.886. The lowest BCUT2D eigenvalue weighted by Gasteiger charge is -2.32. The summed E-state index contributed by atoms with van der Waals surface area (Å²) in [6, 6.07) is 4.19. The van der Waals surface area contributed by atoms with Gasteiger partial charge in [-0.1, -0.05) is 0 Å². The van der Waals surface area contributed by atoms with Crippen molar-refractivity contribution in [2.75, 3.05) is 32.1 Å². The van der Waals surface area contributed by atoms with Crippen molar-refractivity contribution in [2.24, 2.45) is 0 Å². The lowest BCUT2D eigenvalue weighted by molar-refractivity contribution is -0.0348. The number of ether oxygens (including phenoxy) is 1. The van der Waals surface area contributed by atoms with E-state index in [1.54, 1.807) is 11.3 Å². The Hall–Kier alpha value is -1.50. The molecule has 0 bridgehead atoms. The zero-order valence-corrected chi connectivity index (χ0v) is 13.7. The van der Waals surface area contributed by atoms with E-state index in [1.165, 1.54) is 11.3 Å². The van der Waals surface area contributed by atoms with Crippen LogP contribution in [0.1, 0.15) is 17.7 Å². The number of pyridine rings is 1. The zero-order chi connectivity index (χ0) is 15.2. The van der Waals surface area contributed by atoms with Gasteiger partial charge in [0.25, 0.3) is 0 Å². The summed E-state index contributed by atoms with van der Waals surface area (Å²) in [5.74, 6) is 0.923. The Bertz CT molecular complexity index is 575. The summed E-state index contributed by atoms with van der Waals surface area (Å²) >= 11 is 1.66. The standard InChI is InChI=1S/C16H22N4OS/c1-17-16-8-13(4-5-18-16)2-3-15-10-20(6-7-21-15)9-14-11-22-12-19-14/h4-5,8,11-12,15H,2-3,6-7,9-10H2,1H3,(H,17,18). The number of anilines is 1. The summed E-state index contributed by atoms with van der Waals surface area (Å²) in [4.78, 5) is 11.1. The van der Waals surface area contributed by atoms with Crippen molar-refractivity contribution in [2.45, 2.75) is 25.5 Å². The minimum Gasteiger partial charge on any atom is -0.376 e. The van der Waals surface area contributed by atoms with E-state index in [1.807, 2.05) is 18.8 Å². The van der Waals surface area contributed by atoms with Gasteiger partial charge >= 0.3 is 0 Å². The Balaban J connectivity index is 1.49. The monoisotopic (exact) mass is 318 g/mol. The van der Waals surface area contributed by atoms with Gasteiger partial charge in [-0.25, -0.2) is 9.97 Å².